The van der Waals surface area contributed by atoms with E-state index in [1.807, 2.05) is 0 Å². The molecule has 0 aromatic rings. The largest absolute Gasteiger partial charge is 0.327 e. The molecule has 2 aliphatic rings. The van der Waals surface area contributed by atoms with E-state index in [0.717, 1.165) is 5.92 Å². The molecular weight excluding hydrogens is 146 g/mol. The van der Waals surface area contributed by atoms with Gasteiger partial charge in [0.25, 0.3) is 0 Å². The predicted molar refractivity (Wildman–Crippen MR) is 51.9 cm³/mol. The van der Waals surface area contributed by atoms with Gasteiger partial charge in [-0.1, -0.05) is 24.5 Å². The van der Waals surface area contributed by atoms with Crippen LogP contribution in [0.15, 0.2) is 11.6 Å². The highest BCUT2D eigenvalue weighted by atomic mass is 14.6. The van der Waals surface area contributed by atoms with Gasteiger partial charge >= 0.3 is 0 Å². The van der Waals surface area contributed by atoms with Crippen molar-refractivity contribution in [2.24, 2.45) is 11.7 Å². The van der Waals surface area contributed by atoms with Crippen LogP contribution in [0.5, 0.6) is 0 Å². The van der Waals surface area contributed by atoms with Gasteiger partial charge in [-0.05, 0) is 38.0 Å². The lowest BCUT2D eigenvalue weighted by atomic mass is 10.0. The standard InChI is InChI=1S/C11H19N/c12-11-6-5-10(8-11)7-9-3-1-2-4-9/h7,9,11H,1-6,8,12H2/b10-7+. The molecule has 2 saturated carbocycles. The molecule has 0 spiro atoms. The normalized spacial score (nSPS) is 35.1. The van der Waals surface area contributed by atoms with Gasteiger partial charge in [-0.2, -0.15) is 0 Å². The summed E-state index contributed by atoms with van der Waals surface area (Å²) in [4.78, 5) is 0. The van der Waals surface area contributed by atoms with Crippen LogP contribution in [0, 0.1) is 5.92 Å². The van der Waals surface area contributed by atoms with Crippen molar-refractivity contribution in [1.82, 2.24) is 0 Å². The van der Waals surface area contributed by atoms with Crippen molar-refractivity contribution in [3.63, 3.8) is 0 Å². The summed E-state index contributed by atoms with van der Waals surface area (Å²) >= 11 is 0. The molecule has 68 valence electrons. The second-order valence-electron chi connectivity index (χ2n) is 4.37. The molecule has 1 heteroatoms. The lowest BCUT2D eigenvalue weighted by Crippen LogP contribution is -2.13. The molecule has 2 rings (SSSR count). The van der Waals surface area contributed by atoms with Crippen LogP contribution in [0.2, 0.25) is 0 Å². The highest BCUT2D eigenvalue weighted by molar-refractivity contribution is 5.11. The molecule has 0 heterocycles. The molecule has 1 nitrogen and oxygen atoms in total. The van der Waals surface area contributed by atoms with E-state index in [1.165, 1.54) is 44.9 Å². The van der Waals surface area contributed by atoms with Crippen molar-refractivity contribution in [3.8, 4) is 0 Å². The van der Waals surface area contributed by atoms with E-state index in [1.54, 1.807) is 5.57 Å². The smallest absolute Gasteiger partial charge is 0.00791 e. The lowest BCUT2D eigenvalue weighted by molar-refractivity contribution is 0.675. The van der Waals surface area contributed by atoms with Crippen molar-refractivity contribution in [2.75, 3.05) is 0 Å². The molecule has 2 fully saturated rings. The van der Waals surface area contributed by atoms with Gasteiger partial charge in [0, 0.05) is 6.04 Å². The van der Waals surface area contributed by atoms with Crippen molar-refractivity contribution < 1.29 is 0 Å². The van der Waals surface area contributed by atoms with Crippen LogP contribution >= 0.6 is 0 Å². The summed E-state index contributed by atoms with van der Waals surface area (Å²) in [5.41, 5.74) is 7.51. The minimum absolute atomic E-state index is 0.470. The zero-order valence-corrected chi connectivity index (χ0v) is 7.76. The summed E-state index contributed by atoms with van der Waals surface area (Å²) < 4.78 is 0. The first-order chi connectivity index (χ1) is 5.84. The molecular formula is C11H19N. The van der Waals surface area contributed by atoms with E-state index in [-0.39, 0.29) is 0 Å². The maximum Gasteiger partial charge on any atom is 0.00791 e. The minimum Gasteiger partial charge on any atom is -0.327 e. The van der Waals surface area contributed by atoms with Gasteiger partial charge in [-0.25, -0.2) is 0 Å². The van der Waals surface area contributed by atoms with E-state index in [0.29, 0.717) is 6.04 Å². The third-order valence-electron chi connectivity index (χ3n) is 3.23. The van der Waals surface area contributed by atoms with Crippen LogP contribution in [0.4, 0.5) is 0 Å². The maximum atomic E-state index is 5.86. The Labute approximate surface area is 75.0 Å². The Balaban J connectivity index is 1.90. The van der Waals surface area contributed by atoms with Crippen LogP contribution in [0.25, 0.3) is 0 Å². The fourth-order valence-corrected chi connectivity index (χ4v) is 2.52. The van der Waals surface area contributed by atoms with Gasteiger partial charge in [0.15, 0.2) is 0 Å². The molecule has 0 radical (unpaired) electrons. The summed E-state index contributed by atoms with van der Waals surface area (Å²) in [6.45, 7) is 0. The van der Waals surface area contributed by atoms with E-state index in [9.17, 15) is 0 Å². The number of hydrogen-bond acceptors (Lipinski definition) is 1. The number of allylic oxidation sites excluding steroid dienone is 1. The fourth-order valence-electron chi connectivity index (χ4n) is 2.52. The number of hydrogen-bond donors (Lipinski definition) is 1. The molecule has 0 amide bonds. The molecule has 0 aliphatic heterocycles. The quantitative estimate of drug-likeness (QED) is 0.594. The molecule has 0 bridgehead atoms. The Hall–Kier alpha value is -0.300. The Bertz CT molecular complexity index is 177. The maximum absolute atomic E-state index is 5.86. The Morgan fingerprint density at radius 2 is 1.92 bits per heavy atom. The number of rotatable bonds is 1. The zero-order valence-electron chi connectivity index (χ0n) is 7.76. The molecule has 1 atom stereocenters. The van der Waals surface area contributed by atoms with E-state index in [2.05, 4.69) is 6.08 Å². The second kappa shape index (κ2) is 3.61. The molecule has 2 N–H and O–H groups in total. The van der Waals surface area contributed by atoms with E-state index >= 15 is 0 Å². The fraction of sp³-hybridized carbons (Fsp3) is 0.818. The predicted octanol–water partition coefficient (Wildman–Crippen LogP) is 2.61. The van der Waals surface area contributed by atoms with E-state index < -0.39 is 0 Å². The van der Waals surface area contributed by atoms with Crippen LogP contribution in [-0.4, -0.2) is 6.04 Å². The zero-order chi connectivity index (χ0) is 8.39. The van der Waals surface area contributed by atoms with Crippen molar-refractivity contribution in [1.29, 1.82) is 0 Å². The van der Waals surface area contributed by atoms with Gasteiger partial charge in [0.05, 0.1) is 0 Å². The van der Waals surface area contributed by atoms with Gasteiger partial charge in [0.1, 0.15) is 0 Å². The van der Waals surface area contributed by atoms with Crippen LogP contribution in [-0.2, 0) is 0 Å². The second-order valence-corrected chi connectivity index (χ2v) is 4.37. The van der Waals surface area contributed by atoms with Crippen molar-refractivity contribution >= 4 is 0 Å². The summed E-state index contributed by atoms with van der Waals surface area (Å²) in [6.07, 6.45) is 11.9. The molecule has 2 aliphatic carbocycles. The molecule has 1 unspecified atom stereocenters. The van der Waals surface area contributed by atoms with Crippen molar-refractivity contribution in [3.05, 3.63) is 11.6 Å². The third-order valence-corrected chi connectivity index (χ3v) is 3.23. The SMILES string of the molecule is NC1CC/C(=C\C2CCCC2)C1. The van der Waals surface area contributed by atoms with Crippen LogP contribution < -0.4 is 5.73 Å². The Morgan fingerprint density at radius 1 is 1.17 bits per heavy atom. The van der Waals surface area contributed by atoms with Gasteiger partial charge in [0.2, 0.25) is 0 Å². The first-order valence-corrected chi connectivity index (χ1v) is 5.30. The van der Waals surface area contributed by atoms with Crippen LogP contribution in [0.1, 0.15) is 44.9 Å². The molecule has 0 aromatic carbocycles. The molecule has 0 aromatic heterocycles. The first-order valence-electron chi connectivity index (χ1n) is 5.30. The minimum atomic E-state index is 0.470. The monoisotopic (exact) mass is 165 g/mol. The number of nitrogens with two attached hydrogens (primary N) is 1. The molecule has 12 heavy (non-hydrogen) atoms. The lowest BCUT2D eigenvalue weighted by Gasteiger charge is -2.03. The average molecular weight is 165 g/mol. The summed E-state index contributed by atoms with van der Waals surface area (Å²) in [5.74, 6) is 0.908. The Morgan fingerprint density at radius 3 is 2.50 bits per heavy atom. The summed E-state index contributed by atoms with van der Waals surface area (Å²) in [6, 6.07) is 0.470. The highest BCUT2D eigenvalue weighted by Gasteiger charge is 2.18. The van der Waals surface area contributed by atoms with Gasteiger partial charge < -0.3 is 5.73 Å². The summed E-state index contributed by atoms with van der Waals surface area (Å²) in [5, 5.41) is 0. The van der Waals surface area contributed by atoms with E-state index in [4.69, 9.17) is 5.73 Å². The third kappa shape index (κ3) is 1.89. The van der Waals surface area contributed by atoms with Crippen LogP contribution in [0.3, 0.4) is 0 Å². The topological polar surface area (TPSA) is 26.0 Å². The average Bonchev–Trinajstić information content (AvgIpc) is 2.63. The highest BCUT2D eigenvalue weighted by Crippen LogP contribution is 2.31. The molecule has 0 saturated heterocycles. The van der Waals surface area contributed by atoms with Gasteiger partial charge in [-0.3, -0.25) is 0 Å². The van der Waals surface area contributed by atoms with Crippen molar-refractivity contribution in [2.45, 2.75) is 51.0 Å². The van der Waals surface area contributed by atoms with Gasteiger partial charge in [-0.15, -0.1) is 0 Å². The first kappa shape index (κ1) is 8.31. The summed E-state index contributed by atoms with van der Waals surface area (Å²) in [7, 11) is 0. The Kier molecular flexibility index (Phi) is 2.50.